The van der Waals surface area contributed by atoms with Gasteiger partial charge >= 0.3 is 0 Å². The monoisotopic (exact) mass is 196 g/mol. The second-order valence-corrected chi connectivity index (χ2v) is 5.48. The molecule has 1 aliphatic heterocycles. The molecule has 14 heavy (non-hydrogen) atoms. The van der Waals surface area contributed by atoms with Gasteiger partial charge in [-0.05, 0) is 25.7 Å². The van der Waals surface area contributed by atoms with Crippen molar-refractivity contribution in [2.24, 2.45) is 0 Å². The molecule has 0 bridgehead atoms. The molecular weight excluding hydrogens is 176 g/mol. The van der Waals surface area contributed by atoms with Gasteiger partial charge in [-0.15, -0.1) is 0 Å². The number of hydrogen-bond acceptors (Lipinski definition) is 2. The second kappa shape index (κ2) is 2.96. The van der Waals surface area contributed by atoms with Gasteiger partial charge in [-0.2, -0.15) is 0 Å². The van der Waals surface area contributed by atoms with E-state index >= 15 is 0 Å². The third-order valence-corrected chi connectivity index (χ3v) is 4.56. The first-order valence-electron chi connectivity index (χ1n) is 6.13. The minimum atomic E-state index is -0.178. The van der Waals surface area contributed by atoms with Crippen LogP contribution < -0.4 is 0 Å². The second-order valence-electron chi connectivity index (χ2n) is 5.48. The van der Waals surface area contributed by atoms with Gasteiger partial charge in [0.2, 0.25) is 0 Å². The maximum absolute atomic E-state index is 10.2. The molecule has 1 atom stereocenters. The molecule has 0 radical (unpaired) electrons. The molecule has 0 aromatic heterocycles. The largest absolute Gasteiger partial charge is 0.390 e. The smallest absolute Gasteiger partial charge is 0.0948 e. The number of aliphatic hydroxyl groups is 1. The minimum Gasteiger partial charge on any atom is -0.390 e. The Balaban J connectivity index is 1.83. The summed E-state index contributed by atoms with van der Waals surface area (Å²) in [4.78, 5) is 0. The molecule has 2 heteroatoms. The van der Waals surface area contributed by atoms with Crippen molar-refractivity contribution in [2.45, 2.75) is 75.1 Å². The Labute approximate surface area is 85.6 Å². The van der Waals surface area contributed by atoms with E-state index in [0.29, 0.717) is 0 Å². The summed E-state index contributed by atoms with van der Waals surface area (Å²) in [5.74, 6) is 0. The summed E-state index contributed by atoms with van der Waals surface area (Å²) in [6.45, 7) is 0. The topological polar surface area (TPSA) is 29.5 Å². The predicted octanol–water partition coefficient (Wildman–Crippen LogP) is 2.39. The van der Waals surface area contributed by atoms with E-state index in [1.54, 1.807) is 0 Å². The Morgan fingerprint density at radius 2 is 1.50 bits per heavy atom. The third kappa shape index (κ3) is 1.17. The predicted molar refractivity (Wildman–Crippen MR) is 54.1 cm³/mol. The van der Waals surface area contributed by atoms with Crippen LogP contribution in [0.5, 0.6) is 0 Å². The van der Waals surface area contributed by atoms with Gasteiger partial charge in [0.1, 0.15) is 0 Å². The number of aliphatic hydroxyl groups excluding tert-OH is 1. The first-order valence-corrected chi connectivity index (χ1v) is 6.13. The lowest BCUT2D eigenvalue weighted by molar-refractivity contribution is -0.118. The molecule has 2 aliphatic carbocycles. The van der Waals surface area contributed by atoms with Crippen molar-refractivity contribution < 1.29 is 9.84 Å². The molecule has 3 rings (SSSR count). The Hall–Kier alpha value is -0.0800. The van der Waals surface area contributed by atoms with E-state index in [4.69, 9.17) is 4.74 Å². The summed E-state index contributed by atoms with van der Waals surface area (Å²) in [5.41, 5.74) is -0.0336. The molecule has 1 N–H and O–H groups in total. The fourth-order valence-electron chi connectivity index (χ4n) is 3.81. The van der Waals surface area contributed by atoms with Gasteiger partial charge in [-0.25, -0.2) is 0 Å². The highest BCUT2D eigenvalue weighted by Gasteiger charge is 2.56. The molecular formula is C12H20O2. The van der Waals surface area contributed by atoms with Crippen LogP contribution in [0.1, 0.15) is 57.8 Å². The highest BCUT2D eigenvalue weighted by Crippen LogP contribution is 2.53. The molecule has 80 valence electrons. The van der Waals surface area contributed by atoms with E-state index in [9.17, 15) is 5.11 Å². The first kappa shape index (κ1) is 9.17. The van der Waals surface area contributed by atoms with Crippen LogP contribution >= 0.6 is 0 Å². The zero-order chi connectivity index (χ0) is 9.65. The molecule has 2 spiro atoms. The highest BCUT2D eigenvalue weighted by atomic mass is 16.5. The summed E-state index contributed by atoms with van der Waals surface area (Å²) >= 11 is 0. The molecule has 0 aromatic carbocycles. The summed E-state index contributed by atoms with van der Waals surface area (Å²) in [5, 5.41) is 10.2. The first-order chi connectivity index (χ1) is 6.75. The van der Waals surface area contributed by atoms with E-state index in [1.165, 1.54) is 38.5 Å². The normalized spacial score (nSPS) is 38.8. The van der Waals surface area contributed by atoms with Crippen molar-refractivity contribution in [2.75, 3.05) is 0 Å². The van der Waals surface area contributed by atoms with Crippen molar-refractivity contribution in [3.63, 3.8) is 0 Å². The molecule has 0 aromatic rings. The summed E-state index contributed by atoms with van der Waals surface area (Å²) in [7, 11) is 0. The van der Waals surface area contributed by atoms with E-state index in [0.717, 1.165) is 19.3 Å². The van der Waals surface area contributed by atoms with Gasteiger partial charge in [0.15, 0.2) is 0 Å². The lowest BCUT2D eigenvalue weighted by atomic mass is 9.91. The zero-order valence-corrected chi connectivity index (χ0v) is 8.80. The molecule has 2 saturated carbocycles. The molecule has 0 amide bonds. The Morgan fingerprint density at radius 3 is 2.14 bits per heavy atom. The maximum atomic E-state index is 10.2. The standard InChI is InChI=1S/C12H20O2/c13-10-9-11(5-1-2-6-11)14-12(10)7-3-4-8-12/h10,13H,1-9H2. The quantitative estimate of drug-likeness (QED) is 0.644. The Bertz CT molecular complexity index is 224. The fraction of sp³-hybridized carbons (Fsp3) is 1.00. The summed E-state index contributed by atoms with van der Waals surface area (Å²) in [6, 6.07) is 0. The molecule has 1 heterocycles. The van der Waals surface area contributed by atoms with Crippen LogP contribution in [0.4, 0.5) is 0 Å². The highest BCUT2D eigenvalue weighted by molar-refractivity contribution is 5.06. The van der Waals surface area contributed by atoms with Crippen molar-refractivity contribution >= 4 is 0 Å². The van der Waals surface area contributed by atoms with Crippen molar-refractivity contribution in [3.8, 4) is 0 Å². The molecule has 3 fully saturated rings. The van der Waals surface area contributed by atoms with Crippen molar-refractivity contribution in [3.05, 3.63) is 0 Å². The van der Waals surface area contributed by atoms with Gasteiger partial charge < -0.3 is 9.84 Å². The van der Waals surface area contributed by atoms with E-state index < -0.39 is 0 Å². The van der Waals surface area contributed by atoms with Gasteiger partial charge in [0, 0.05) is 6.42 Å². The number of hydrogen-bond donors (Lipinski definition) is 1. The van der Waals surface area contributed by atoms with Crippen LogP contribution in [0.2, 0.25) is 0 Å². The van der Waals surface area contributed by atoms with Crippen LogP contribution in [0.3, 0.4) is 0 Å². The zero-order valence-electron chi connectivity index (χ0n) is 8.80. The van der Waals surface area contributed by atoms with Crippen LogP contribution in [0, 0.1) is 0 Å². The molecule has 2 nitrogen and oxygen atoms in total. The third-order valence-electron chi connectivity index (χ3n) is 4.56. The fourth-order valence-corrected chi connectivity index (χ4v) is 3.81. The Kier molecular flexibility index (Phi) is 1.94. The summed E-state index contributed by atoms with van der Waals surface area (Å²) < 4.78 is 6.32. The average molecular weight is 196 g/mol. The average Bonchev–Trinajstić information content (AvgIpc) is 2.81. The minimum absolute atomic E-state index is 0.0871. The number of ether oxygens (including phenoxy) is 1. The van der Waals surface area contributed by atoms with Crippen molar-refractivity contribution in [1.82, 2.24) is 0 Å². The SMILES string of the molecule is OC1CC2(CCCC2)OC12CCCC2. The number of rotatable bonds is 0. The molecule has 1 saturated heterocycles. The lowest BCUT2D eigenvalue weighted by Gasteiger charge is -2.30. The van der Waals surface area contributed by atoms with E-state index in [2.05, 4.69) is 0 Å². The van der Waals surface area contributed by atoms with Gasteiger partial charge in [0.05, 0.1) is 17.3 Å². The molecule has 1 unspecified atom stereocenters. The van der Waals surface area contributed by atoms with Crippen LogP contribution in [0.25, 0.3) is 0 Å². The van der Waals surface area contributed by atoms with E-state index in [-0.39, 0.29) is 17.3 Å². The lowest BCUT2D eigenvalue weighted by Crippen LogP contribution is -2.37. The Morgan fingerprint density at radius 1 is 0.929 bits per heavy atom. The van der Waals surface area contributed by atoms with Crippen LogP contribution in [-0.4, -0.2) is 22.4 Å². The van der Waals surface area contributed by atoms with Crippen LogP contribution in [-0.2, 0) is 4.74 Å². The van der Waals surface area contributed by atoms with Gasteiger partial charge in [0.25, 0.3) is 0 Å². The van der Waals surface area contributed by atoms with Gasteiger partial charge in [-0.1, -0.05) is 25.7 Å². The molecule has 3 aliphatic rings. The van der Waals surface area contributed by atoms with E-state index in [1.807, 2.05) is 0 Å². The summed E-state index contributed by atoms with van der Waals surface area (Å²) in [6.07, 6.45) is 10.4. The van der Waals surface area contributed by atoms with Crippen molar-refractivity contribution in [1.29, 1.82) is 0 Å². The van der Waals surface area contributed by atoms with Crippen LogP contribution in [0.15, 0.2) is 0 Å². The maximum Gasteiger partial charge on any atom is 0.0948 e. The van der Waals surface area contributed by atoms with Gasteiger partial charge in [-0.3, -0.25) is 0 Å².